The van der Waals surface area contributed by atoms with Gasteiger partial charge in [0.25, 0.3) is 0 Å². The molecule has 2 rings (SSSR count). The number of carbonyl (C=O) groups excluding carboxylic acids is 1. The molecule has 98 valence electrons. The maximum Gasteiger partial charge on any atom is 0.188 e. The highest BCUT2D eigenvalue weighted by molar-refractivity contribution is 5.97. The van der Waals surface area contributed by atoms with E-state index in [-0.39, 0.29) is 12.4 Å². The van der Waals surface area contributed by atoms with Gasteiger partial charge < -0.3 is 4.74 Å². The Labute approximate surface area is 114 Å². The van der Waals surface area contributed by atoms with E-state index in [1.54, 1.807) is 0 Å². The Morgan fingerprint density at radius 1 is 0.947 bits per heavy atom. The van der Waals surface area contributed by atoms with Gasteiger partial charge in [0.1, 0.15) is 6.61 Å². The summed E-state index contributed by atoms with van der Waals surface area (Å²) in [5.41, 5.74) is 2.98. The zero-order chi connectivity index (χ0) is 13.5. The van der Waals surface area contributed by atoms with Gasteiger partial charge in [-0.15, -0.1) is 0 Å². The number of hydrogen-bond donors (Lipinski definition) is 0. The van der Waals surface area contributed by atoms with E-state index in [0.717, 1.165) is 17.5 Å². The number of Topliss-reactive ketones (excluding diaryl/α,β-unsaturated/α-hetero) is 1. The number of carbonyl (C=O) groups is 1. The molecule has 2 nitrogen and oxygen atoms in total. The summed E-state index contributed by atoms with van der Waals surface area (Å²) < 4.78 is 5.26. The van der Waals surface area contributed by atoms with Crippen molar-refractivity contribution in [3.8, 4) is 11.1 Å². The summed E-state index contributed by atoms with van der Waals surface area (Å²) in [7, 11) is 0. The second kappa shape index (κ2) is 6.86. The summed E-state index contributed by atoms with van der Waals surface area (Å²) in [4.78, 5) is 11.8. The SMILES string of the molecule is CCCOCC(=O)c1ccc(-c2ccccc2)cc1. The summed E-state index contributed by atoms with van der Waals surface area (Å²) in [6, 6.07) is 17.8. The van der Waals surface area contributed by atoms with Gasteiger partial charge in [0.2, 0.25) is 0 Å². The molecule has 2 heteroatoms. The average molecular weight is 254 g/mol. The molecule has 0 heterocycles. The first kappa shape index (κ1) is 13.5. The number of ketones is 1. The minimum atomic E-state index is 0.0352. The maximum atomic E-state index is 11.8. The van der Waals surface area contributed by atoms with Crippen molar-refractivity contribution in [3.05, 3.63) is 60.2 Å². The van der Waals surface area contributed by atoms with Crippen LogP contribution in [0.2, 0.25) is 0 Å². The molecule has 19 heavy (non-hydrogen) atoms. The lowest BCUT2D eigenvalue weighted by atomic mass is 10.0. The molecule has 0 aliphatic heterocycles. The van der Waals surface area contributed by atoms with Crippen LogP contribution < -0.4 is 0 Å². The van der Waals surface area contributed by atoms with Crippen LogP contribution in [0.5, 0.6) is 0 Å². The topological polar surface area (TPSA) is 26.3 Å². The quantitative estimate of drug-likeness (QED) is 0.576. The van der Waals surface area contributed by atoms with Gasteiger partial charge in [-0.05, 0) is 17.5 Å². The van der Waals surface area contributed by atoms with Crippen LogP contribution in [0, 0.1) is 0 Å². The van der Waals surface area contributed by atoms with E-state index in [1.807, 2.05) is 49.4 Å². The van der Waals surface area contributed by atoms with Gasteiger partial charge in [-0.25, -0.2) is 0 Å². The van der Waals surface area contributed by atoms with Crippen molar-refractivity contribution in [3.63, 3.8) is 0 Å². The van der Waals surface area contributed by atoms with E-state index < -0.39 is 0 Å². The smallest absolute Gasteiger partial charge is 0.188 e. The molecule has 0 aliphatic rings. The Kier molecular flexibility index (Phi) is 4.87. The van der Waals surface area contributed by atoms with Crippen LogP contribution in [0.1, 0.15) is 23.7 Å². The minimum Gasteiger partial charge on any atom is -0.373 e. The molecule has 0 saturated heterocycles. The van der Waals surface area contributed by atoms with E-state index >= 15 is 0 Å². The van der Waals surface area contributed by atoms with Gasteiger partial charge in [0.05, 0.1) is 0 Å². The monoisotopic (exact) mass is 254 g/mol. The van der Waals surface area contributed by atoms with Crippen LogP contribution in [-0.4, -0.2) is 19.0 Å². The fourth-order valence-electron chi connectivity index (χ4n) is 1.87. The molecule has 0 amide bonds. The largest absolute Gasteiger partial charge is 0.373 e. The van der Waals surface area contributed by atoms with Crippen molar-refractivity contribution >= 4 is 5.78 Å². The Hall–Kier alpha value is -1.93. The highest BCUT2D eigenvalue weighted by Crippen LogP contribution is 2.19. The summed E-state index contributed by atoms with van der Waals surface area (Å²) in [6.07, 6.45) is 0.931. The molecule has 0 spiro atoms. The lowest BCUT2D eigenvalue weighted by molar-refractivity contribution is 0.0761. The Bertz CT molecular complexity index is 515. The number of rotatable bonds is 6. The molecule has 0 saturated carbocycles. The molecule has 0 radical (unpaired) electrons. The van der Waals surface area contributed by atoms with Gasteiger partial charge in [0, 0.05) is 12.2 Å². The summed E-state index contributed by atoms with van der Waals surface area (Å²) in [5.74, 6) is 0.0352. The lowest BCUT2D eigenvalue weighted by Gasteiger charge is -2.04. The zero-order valence-corrected chi connectivity index (χ0v) is 11.1. The van der Waals surface area contributed by atoms with Crippen molar-refractivity contribution in [2.45, 2.75) is 13.3 Å². The molecule has 0 aliphatic carbocycles. The van der Waals surface area contributed by atoms with Gasteiger partial charge >= 0.3 is 0 Å². The molecule has 0 atom stereocenters. The predicted molar refractivity (Wildman–Crippen MR) is 77.3 cm³/mol. The molecule has 0 unspecified atom stereocenters. The van der Waals surface area contributed by atoms with Crippen LogP contribution in [0.15, 0.2) is 54.6 Å². The summed E-state index contributed by atoms with van der Waals surface area (Å²) in [6.45, 7) is 2.82. The van der Waals surface area contributed by atoms with E-state index in [4.69, 9.17) is 4.74 Å². The Morgan fingerprint density at radius 3 is 2.21 bits per heavy atom. The van der Waals surface area contributed by atoms with Gasteiger partial charge in [-0.3, -0.25) is 4.79 Å². The van der Waals surface area contributed by atoms with E-state index in [0.29, 0.717) is 12.2 Å². The second-order valence-corrected chi connectivity index (χ2v) is 4.42. The number of ether oxygens (including phenoxy) is 1. The van der Waals surface area contributed by atoms with Gasteiger partial charge in [0.15, 0.2) is 5.78 Å². The second-order valence-electron chi connectivity index (χ2n) is 4.42. The van der Waals surface area contributed by atoms with Gasteiger partial charge in [-0.2, -0.15) is 0 Å². The van der Waals surface area contributed by atoms with Crippen LogP contribution in [0.4, 0.5) is 0 Å². The summed E-state index contributed by atoms with van der Waals surface area (Å²) >= 11 is 0. The molecule has 2 aromatic carbocycles. The number of hydrogen-bond acceptors (Lipinski definition) is 2. The van der Waals surface area contributed by atoms with Crippen LogP contribution >= 0.6 is 0 Å². The minimum absolute atomic E-state index is 0.0352. The average Bonchev–Trinajstić information content (AvgIpc) is 2.48. The fraction of sp³-hybridized carbons (Fsp3) is 0.235. The highest BCUT2D eigenvalue weighted by atomic mass is 16.5. The van der Waals surface area contributed by atoms with Crippen LogP contribution in [0.25, 0.3) is 11.1 Å². The Balaban J connectivity index is 2.04. The van der Waals surface area contributed by atoms with E-state index in [1.165, 1.54) is 0 Å². The van der Waals surface area contributed by atoms with E-state index in [9.17, 15) is 4.79 Å². The first-order chi connectivity index (χ1) is 9.31. The lowest BCUT2D eigenvalue weighted by Crippen LogP contribution is -2.09. The molecular weight excluding hydrogens is 236 g/mol. The molecule has 2 aromatic rings. The molecule has 0 fully saturated rings. The third-order valence-electron chi connectivity index (χ3n) is 2.90. The predicted octanol–water partition coefficient (Wildman–Crippen LogP) is 3.96. The standard InChI is InChI=1S/C17H18O2/c1-2-12-19-13-17(18)16-10-8-15(9-11-16)14-6-4-3-5-7-14/h3-11H,2,12-13H2,1H3. The summed E-state index contributed by atoms with van der Waals surface area (Å²) in [5, 5.41) is 0. The molecular formula is C17H18O2. The highest BCUT2D eigenvalue weighted by Gasteiger charge is 2.06. The van der Waals surface area contributed by atoms with Crippen molar-refractivity contribution in [1.29, 1.82) is 0 Å². The zero-order valence-electron chi connectivity index (χ0n) is 11.1. The molecule has 0 N–H and O–H groups in total. The first-order valence-corrected chi connectivity index (χ1v) is 6.57. The number of benzene rings is 2. The van der Waals surface area contributed by atoms with Crippen molar-refractivity contribution < 1.29 is 9.53 Å². The third kappa shape index (κ3) is 3.76. The first-order valence-electron chi connectivity index (χ1n) is 6.57. The van der Waals surface area contributed by atoms with E-state index in [2.05, 4.69) is 12.1 Å². The van der Waals surface area contributed by atoms with Crippen LogP contribution in [0.3, 0.4) is 0 Å². The third-order valence-corrected chi connectivity index (χ3v) is 2.90. The maximum absolute atomic E-state index is 11.8. The van der Waals surface area contributed by atoms with Crippen molar-refractivity contribution in [1.82, 2.24) is 0 Å². The Morgan fingerprint density at radius 2 is 1.58 bits per heavy atom. The van der Waals surface area contributed by atoms with Crippen molar-refractivity contribution in [2.24, 2.45) is 0 Å². The molecule has 0 aromatic heterocycles. The van der Waals surface area contributed by atoms with Crippen molar-refractivity contribution in [2.75, 3.05) is 13.2 Å². The molecule has 0 bridgehead atoms. The van der Waals surface area contributed by atoms with Gasteiger partial charge in [-0.1, -0.05) is 61.5 Å². The fourth-order valence-corrected chi connectivity index (χ4v) is 1.87. The van der Waals surface area contributed by atoms with Crippen LogP contribution in [-0.2, 0) is 4.74 Å². The normalized spacial score (nSPS) is 10.4.